The average molecular weight is 578 g/mol. The lowest BCUT2D eigenvalue weighted by Gasteiger charge is -2.10. The molecule has 0 bridgehead atoms. The number of nitrogens with zero attached hydrogens (tertiary/aromatic N) is 2. The molecule has 2 heteroatoms. The zero-order valence-electron chi connectivity index (χ0n) is 39.7. The maximum atomic E-state index is 9.63. The van der Waals surface area contributed by atoms with Gasteiger partial charge in [-0.3, -0.25) is 0 Å². The van der Waals surface area contributed by atoms with Crippen molar-refractivity contribution >= 4 is 43.6 Å². The Morgan fingerprint density at radius 1 is 0.364 bits per heavy atom. The molecule has 9 rings (SSSR count). The minimum absolute atomic E-state index is 0.0354. The van der Waals surface area contributed by atoms with Crippen molar-refractivity contribution in [1.82, 2.24) is 9.13 Å². The molecular formula is C42H28N2. The fraction of sp³-hybridized carbons (Fsp3) is 0. The lowest BCUT2D eigenvalue weighted by Crippen LogP contribution is -1.93. The van der Waals surface area contributed by atoms with E-state index < -0.39 is 90.3 Å². The fourth-order valence-corrected chi connectivity index (χ4v) is 5.82. The second-order valence-corrected chi connectivity index (χ2v) is 10.1. The highest BCUT2D eigenvalue weighted by Gasteiger charge is 2.16. The standard InChI is InChI=1S/C42H28N2/c1-3-11-29(12-4-1)30-19-23-34(24-20-30)44-40-18-10-8-16-36(40)38-28-32(22-26-42(38)44)31-21-25-41-37(27-31)35-15-7-9-17-39(35)43(41)33-13-5-2-6-14-33/h1-28H/i1D,2D,3D,4D,5D,6D,7D,9D,11D,12D,13D,14D,15D,17D,21D,25D,27D. The predicted octanol–water partition coefficient (Wildman–Crippen LogP) is 11.2. The van der Waals surface area contributed by atoms with Crippen LogP contribution >= 0.6 is 0 Å². The third kappa shape index (κ3) is 3.82. The number of fused-ring (bicyclic) bond motifs is 6. The van der Waals surface area contributed by atoms with Gasteiger partial charge in [0, 0.05) is 32.9 Å². The lowest BCUT2D eigenvalue weighted by atomic mass is 10.0. The third-order valence-corrected chi connectivity index (χ3v) is 7.74. The molecule has 7 aromatic carbocycles. The minimum Gasteiger partial charge on any atom is -0.309 e. The van der Waals surface area contributed by atoms with Crippen molar-refractivity contribution in [3.05, 3.63) is 169 Å². The summed E-state index contributed by atoms with van der Waals surface area (Å²) in [5, 5.41) is 1.10. The second kappa shape index (κ2) is 9.86. The Labute approximate surface area is 279 Å². The summed E-state index contributed by atoms with van der Waals surface area (Å²) in [6, 6.07) is 10.2. The molecule has 0 radical (unpaired) electrons. The van der Waals surface area contributed by atoms with Crippen LogP contribution in [0.4, 0.5) is 0 Å². The van der Waals surface area contributed by atoms with Crippen molar-refractivity contribution in [2.45, 2.75) is 0 Å². The van der Waals surface area contributed by atoms with E-state index in [-0.39, 0.29) is 51.1 Å². The van der Waals surface area contributed by atoms with Crippen LogP contribution in [0.3, 0.4) is 0 Å². The van der Waals surface area contributed by atoms with Gasteiger partial charge in [-0.05, 0) is 82.8 Å². The summed E-state index contributed by atoms with van der Waals surface area (Å²) in [6.07, 6.45) is 0. The molecule has 0 saturated heterocycles. The van der Waals surface area contributed by atoms with Crippen molar-refractivity contribution in [3.8, 4) is 33.6 Å². The first-order valence-corrected chi connectivity index (χ1v) is 13.7. The molecule has 0 saturated carbocycles. The molecule has 2 nitrogen and oxygen atoms in total. The van der Waals surface area contributed by atoms with Crippen LogP contribution in [0.2, 0.25) is 0 Å². The smallest absolute Gasteiger partial charge is 0.0645 e. The number of hydrogen-bond acceptors (Lipinski definition) is 0. The van der Waals surface area contributed by atoms with Gasteiger partial charge in [-0.2, -0.15) is 0 Å². The van der Waals surface area contributed by atoms with Crippen LogP contribution in [-0.4, -0.2) is 9.13 Å². The molecule has 0 spiro atoms. The van der Waals surface area contributed by atoms with E-state index in [0.717, 1.165) is 15.5 Å². The highest BCUT2D eigenvalue weighted by molar-refractivity contribution is 6.12. The maximum absolute atomic E-state index is 9.63. The van der Waals surface area contributed by atoms with Crippen molar-refractivity contribution in [2.75, 3.05) is 0 Å². The van der Waals surface area contributed by atoms with E-state index in [9.17, 15) is 4.11 Å². The van der Waals surface area contributed by atoms with E-state index in [1.54, 1.807) is 42.5 Å². The summed E-state index contributed by atoms with van der Waals surface area (Å²) >= 11 is 0. The van der Waals surface area contributed by atoms with Crippen LogP contribution in [0.5, 0.6) is 0 Å². The third-order valence-electron chi connectivity index (χ3n) is 7.74. The monoisotopic (exact) mass is 577 g/mol. The van der Waals surface area contributed by atoms with Crippen LogP contribution in [0.1, 0.15) is 23.3 Å². The molecule has 0 aliphatic rings. The Balaban J connectivity index is 1.30. The van der Waals surface area contributed by atoms with E-state index in [0.29, 0.717) is 27.7 Å². The normalized spacial score (nSPS) is 17.0. The predicted molar refractivity (Wildman–Crippen MR) is 186 cm³/mol. The van der Waals surface area contributed by atoms with Crippen molar-refractivity contribution in [1.29, 1.82) is 0 Å². The molecule has 44 heavy (non-hydrogen) atoms. The quantitative estimate of drug-likeness (QED) is 0.197. The van der Waals surface area contributed by atoms with Gasteiger partial charge >= 0.3 is 0 Å². The zero-order chi connectivity index (χ0) is 43.8. The molecule has 0 atom stereocenters. The highest BCUT2D eigenvalue weighted by atomic mass is 15.0. The summed E-state index contributed by atoms with van der Waals surface area (Å²) in [5.41, 5.74) is 1.86. The molecule has 206 valence electrons. The van der Waals surface area contributed by atoms with Crippen LogP contribution < -0.4 is 0 Å². The highest BCUT2D eigenvalue weighted by Crippen LogP contribution is 2.38. The summed E-state index contributed by atoms with van der Waals surface area (Å²) in [7, 11) is 0. The largest absolute Gasteiger partial charge is 0.309 e. The maximum Gasteiger partial charge on any atom is 0.0645 e. The van der Waals surface area contributed by atoms with Crippen LogP contribution in [0.25, 0.3) is 77.2 Å². The van der Waals surface area contributed by atoms with Gasteiger partial charge in [0.15, 0.2) is 0 Å². The molecule has 0 fully saturated rings. The molecule has 0 aliphatic heterocycles. The van der Waals surface area contributed by atoms with Crippen molar-refractivity contribution in [3.63, 3.8) is 0 Å². The summed E-state index contributed by atoms with van der Waals surface area (Å²) in [6.45, 7) is 0. The SMILES string of the molecule is [2H]c1c([2H])c([2H])c(-c2ccc(-n3c4ccccc4c4cc(-c5c([2H])c([2H])c6c(c5[2H])c5c([2H])c([2H])c([2H])c([2H])c5n6-c5c([2H])c([2H])c([2H])c([2H])c5[2H])ccc43)cc2)c([2H])c1[2H]. The van der Waals surface area contributed by atoms with E-state index >= 15 is 0 Å². The van der Waals surface area contributed by atoms with Crippen molar-refractivity contribution in [2.24, 2.45) is 0 Å². The van der Waals surface area contributed by atoms with Gasteiger partial charge in [-0.1, -0.05) is 109 Å². The molecular weight excluding hydrogens is 532 g/mol. The molecule has 0 unspecified atom stereocenters. The number of benzene rings is 7. The summed E-state index contributed by atoms with van der Waals surface area (Å²) < 4.78 is 150. The molecule has 0 amide bonds. The molecule has 2 aromatic heterocycles. The second-order valence-electron chi connectivity index (χ2n) is 10.1. The Kier molecular flexibility index (Phi) is 2.96. The Bertz CT molecular complexity index is 3380. The average Bonchev–Trinajstić information content (AvgIpc) is 3.78. The van der Waals surface area contributed by atoms with E-state index in [2.05, 4.69) is 0 Å². The van der Waals surface area contributed by atoms with Gasteiger partial charge in [0.1, 0.15) is 0 Å². The molecule has 0 aliphatic carbocycles. The van der Waals surface area contributed by atoms with Gasteiger partial charge in [0.25, 0.3) is 0 Å². The topological polar surface area (TPSA) is 9.86 Å². The Morgan fingerprint density at radius 3 is 1.86 bits per heavy atom. The first kappa shape index (κ1) is 13.2. The molecule has 0 N–H and O–H groups in total. The fourth-order valence-electron chi connectivity index (χ4n) is 5.82. The first-order chi connectivity index (χ1) is 28.9. The summed E-state index contributed by atoms with van der Waals surface area (Å²) in [5.74, 6) is 0. The molecule has 2 heterocycles. The van der Waals surface area contributed by atoms with E-state index in [1.807, 2.05) is 28.8 Å². The summed E-state index contributed by atoms with van der Waals surface area (Å²) in [4.78, 5) is 0. The Morgan fingerprint density at radius 2 is 1.02 bits per heavy atom. The number of hydrogen-bond donors (Lipinski definition) is 0. The number of aromatic nitrogens is 2. The van der Waals surface area contributed by atoms with Crippen LogP contribution in [0, 0.1) is 0 Å². The number of rotatable bonds is 4. The van der Waals surface area contributed by atoms with Gasteiger partial charge in [0.05, 0.1) is 45.4 Å². The number of para-hydroxylation sites is 3. The lowest BCUT2D eigenvalue weighted by molar-refractivity contribution is 1.18. The Hall–Kier alpha value is -5.86. The first-order valence-electron chi connectivity index (χ1n) is 22.2. The van der Waals surface area contributed by atoms with Gasteiger partial charge in [0.2, 0.25) is 0 Å². The van der Waals surface area contributed by atoms with Crippen LogP contribution in [0.15, 0.2) is 169 Å². The van der Waals surface area contributed by atoms with Gasteiger partial charge < -0.3 is 9.13 Å². The minimum atomic E-state index is -0.718. The molecule has 9 aromatic rings. The van der Waals surface area contributed by atoms with Crippen molar-refractivity contribution < 1.29 is 23.3 Å². The van der Waals surface area contributed by atoms with E-state index in [4.69, 9.17) is 19.2 Å². The van der Waals surface area contributed by atoms with Crippen LogP contribution in [-0.2, 0) is 0 Å². The van der Waals surface area contributed by atoms with Gasteiger partial charge in [-0.25, -0.2) is 0 Å². The zero-order valence-corrected chi connectivity index (χ0v) is 22.7. The van der Waals surface area contributed by atoms with E-state index in [1.165, 1.54) is 0 Å². The van der Waals surface area contributed by atoms with Gasteiger partial charge in [-0.15, -0.1) is 0 Å².